The van der Waals surface area contributed by atoms with Crippen LogP contribution in [0.15, 0.2) is 70.0 Å². The van der Waals surface area contributed by atoms with Crippen LogP contribution in [-0.2, 0) is 13.1 Å². The van der Waals surface area contributed by atoms with E-state index in [-0.39, 0.29) is 11.5 Å². The second kappa shape index (κ2) is 8.49. The highest BCUT2D eigenvalue weighted by atomic mass is 16.4. The molecular weight excluding hydrogens is 366 g/mol. The van der Waals surface area contributed by atoms with Crippen LogP contribution in [0.5, 0.6) is 0 Å². The second-order valence-electron chi connectivity index (χ2n) is 7.49. The lowest BCUT2D eigenvalue weighted by atomic mass is 10.1. The van der Waals surface area contributed by atoms with Gasteiger partial charge >= 0.3 is 0 Å². The number of hydrogen-bond acceptors (Lipinski definition) is 4. The van der Waals surface area contributed by atoms with Crippen molar-refractivity contribution in [3.63, 3.8) is 0 Å². The summed E-state index contributed by atoms with van der Waals surface area (Å²) in [5, 5.41) is 0. The molecule has 0 unspecified atom stereocenters. The summed E-state index contributed by atoms with van der Waals surface area (Å²) >= 11 is 0. The highest BCUT2D eigenvalue weighted by molar-refractivity contribution is 5.91. The summed E-state index contributed by atoms with van der Waals surface area (Å²) < 4.78 is 7.28. The van der Waals surface area contributed by atoms with Gasteiger partial charge in [-0.3, -0.25) is 14.5 Å². The highest BCUT2D eigenvalue weighted by Crippen LogP contribution is 2.15. The number of pyridine rings is 1. The zero-order valence-corrected chi connectivity index (χ0v) is 16.6. The molecule has 0 aliphatic carbocycles. The van der Waals surface area contributed by atoms with Gasteiger partial charge in [-0.15, -0.1) is 0 Å². The fraction of sp³-hybridized carbons (Fsp3) is 0.304. The monoisotopic (exact) mass is 391 g/mol. The minimum atomic E-state index is -0.0958. The third-order valence-electron chi connectivity index (χ3n) is 5.25. The molecule has 150 valence electrons. The zero-order chi connectivity index (χ0) is 20.2. The van der Waals surface area contributed by atoms with Crippen LogP contribution in [0, 0.1) is 6.92 Å². The Hall–Kier alpha value is -3.12. The number of carbonyl (C=O) groups is 1. The molecule has 1 aliphatic rings. The van der Waals surface area contributed by atoms with Crippen LogP contribution in [0.3, 0.4) is 0 Å². The van der Waals surface area contributed by atoms with Crippen molar-refractivity contribution in [3.05, 3.63) is 93.8 Å². The molecule has 0 atom stereocenters. The van der Waals surface area contributed by atoms with Crippen LogP contribution in [0.2, 0.25) is 0 Å². The molecule has 0 bridgehead atoms. The quantitative estimate of drug-likeness (QED) is 0.671. The van der Waals surface area contributed by atoms with E-state index in [9.17, 15) is 9.59 Å². The molecule has 3 heterocycles. The molecule has 1 amide bonds. The summed E-state index contributed by atoms with van der Waals surface area (Å²) in [5.74, 6) is 0.836. The van der Waals surface area contributed by atoms with E-state index in [1.54, 1.807) is 35.0 Å². The minimum absolute atomic E-state index is 0.0909. The average molecular weight is 391 g/mol. The number of aryl methyl sites for hydroxylation is 1. The predicted octanol–water partition coefficient (Wildman–Crippen LogP) is 2.76. The molecule has 0 radical (unpaired) electrons. The Kier molecular flexibility index (Phi) is 5.62. The molecule has 1 aliphatic heterocycles. The molecule has 0 spiro atoms. The summed E-state index contributed by atoms with van der Waals surface area (Å²) in [6.45, 7) is 6.36. The molecule has 4 rings (SSSR count). The van der Waals surface area contributed by atoms with Crippen molar-refractivity contribution in [1.29, 1.82) is 0 Å². The Bertz CT molecular complexity index is 1050. The Morgan fingerprint density at radius 2 is 1.79 bits per heavy atom. The van der Waals surface area contributed by atoms with Crippen LogP contribution in [0.4, 0.5) is 0 Å². The number of furan rings is 1. The van der Waals surface area contributed by atoms with E-state index < -0.39 is 0 Å². The average Bonchev–Trinajstić information content (AvgIpc) is 3.18. The first-order valence-electron chi connectivity index (χ1n) is 9.90. The van der Waals surface area contributed by atoms with Gasteiger partial charge in [-0.05, 0) is 30.7 Å². The number of carbonyl (C=O) groups excluding carboxylic acids is 1. The Labute approximate surface area is 170 Å². The zero-order valence-electron chi connectivity index (χ0n) is 16.6. The van der Waals surface area contributed by atoms with Crippen molar-refractivity contribution in [1.82, 2.24) is 14.4 Å². The number of hydrogen-bond donors (Lipinski definition) is 0. The standard InChI is InChI=1S/C23H25N3O3/c1-18-5-4-6-19(15-18)16-24-11-13-25(14-12-24)23(28)21-9-8-20(29-21)17-26-10-3-2-7-22(26)27/h2-10,15H,11-14,16-17H2,1H3. The van der Waals surface area contributed by atoms with Crippen LogP contribution in [0.1, 0.15) is 27.4 Å². The van der Waals surface area contributed by atoms with Gasteiger partial charge in [-0.25, -0.2) is 0 Å². The molecular formula is C23H25N3O3. The van der Waals surface area contributed by atoms with E-state index in [1.807, 2.05) is 4.90 Å². The third kappa shape index (κ3) is 4.66. The van der Waals surface area contributed by atoms with Crippen molar-refractivity contribution >= 4 is 5.91 Å². The molecule has 29 heavy (non-hydrogen) atoms. The van der Waals surface area contributed by atoms with E-state index in [0.29, 0.717) is 31.2 Å². The van der Waals surface area contributed by atoms with Crippen LogP contribution in [0.25, 0.3) is 0 Å². The number of benzene rings is 1. The molecule has 6 heteroatoms. The molecule has 0 saturated carbocycles. The van der Waals surface area contributed by atoms with Crippen molar-refractivity contribution in [2.75, 3.05) is 26.2 Å². The molecule has 1 aromatic carbocycles. The number of rotatable bonds is 5. The van der Waals surface area contributed by atoms with Gasteiger partial charge in [-0.1, -0.05) is 35.9 Å². The predicted molar refractivity (Wildman–Crippen MR) is 111 cm³/mol. The van der Waals surface area contributed by atoms with Crippen molar-refractivity contribution in [2.24, 2.45) is 0 Å². The van der Waals surface area contributed by atoms with Gasteiger partial charge in [0.05, 0.1) is 6.54 Å². The minimum Gasteiger partial charge on any atom is -0.454 e. The number of amides is 1. The topological polar surface area (TPSA) is 58.7 Å². The molecule has 2 aromatic heterocycles. The summed E-state index contributed by atoms with van der Waals surface area (Å²) in [7, 11) is 0. The van der Waals surface area contributed by atoms with Crippen LogP contribution < -0.4 is 5.56 Å². The molecule has 3 aromatic rings. The maximum absolute atomic E-state index is 12.8. The van der Waals surface area contributed by atoms with Crippen molar-refractivity contribution < 1.29 is 9.21 Å². The fourth-order valence-corrected chi connectivity index (χ4v) is 3.67. The van der Waals surface area contributed by atoms with Gasteiger partial charge in [0.15, 0.2) is 5.76 Å². The van der Waals surface area contributed by atoms with Gasteiger partial charge in [0, 0.05) is 45.0 Å². The Balaban J connectivity index is 1.33. The molecule has 1 fully saturated rings. The van der Waals surface area contributed by atoms with E-state index in [2.05, 4.69) is 36.1 Å². The van der Waals surface area contributed by atoms with Crippen LogP contribution >= 0.6 is 0 Å². The summed E-state index contributed by atoms with van der Waals surface area (Å²) in [4.78, 5) is 28.8. The Morgan fingerprint density at radius 3 is 2.55 bits per heavy atom. The summed E-state index contributed by atoms with van der Waals surface area (Å²) in [6.07, 6.45) is 1.71. The lowest BCUT2D eigenvalue weighted by Gasteiger charge is -2.34. The van der Waals surface area contributed by atoms with E-state index in [0.717, 1.165) is 19.6 Å². The van der Waals surface area contributed by atoms with E-state index in [1.165, 1.54) is 17.2 Å². The lowest BCUT2D eigenvalue weighted by molar-refractivity contribution is 0.0596. The largest absolute Gasteiger partial charge is 0.454 e. The first-order chi connectivity index (χ1) is 14.1. The second-order valence-corrected chi connectivity index (χ2v) is 7.49. The Morgan fingerprint density at radius 1 is 0.966 bits per heavy atom. The number of aromatic nitrogens is 1. The molecule has 1 saturated heterocycles. The summed E-state index contributed by atoms with van der Waals surface area (Å²) in [6, 6.07) is 17.0. The normalized spacial score (nSPS) is 14.9. The maximum atomic E-state index is 12.8. The van der Waals surface area contributed by atoms with Gasteiger partial charge in [0.1, 0.15) is 5.76 Å². The fourth-order valence-electron chi connectivity index (χ4n) is 3.67. The van der Waals surface area contributed by atoms with Crippen molar-refractivity contribution in [3.8, 4) is 0 Å². The molecule has 0 N–H and O–H groups in total. The van der Waals surface area contributed by atoms with Gasteiger partial charge in [-0.2, -0.15) is 0 Å². The molecule has 6 nitrogen and oxygen atoms in total. The first-order valence-corrected chi connectivity index (χ1v) is 9.90. The van der Waals surface area contributed by atoms with Gasteiger partial charge in [0.25, 0.3) is 11.5 Å². The van der Waals surface area contributed by atoms with Gasteiger partial charge in [0.2, 0.25) is 0 Å². The van der Waals surface area contributed by atoms with E-state index >= 15 is 0 Å². The summed E-state index contributed by atoms with van der Waals surface area (Å²) in [5.41, 5.74) is 2.47. The SMILES string of the molecule is Cc1cccc(CN2CCN(C(=O)c3ccc(Cn4ccccc4=O)o3)CC2)c1. The highest BCUT2D eigenvalue weighted by Gasteiger charge is 2.24. The third-order valence-corrected chi connectivity index (χ3v) is 5.25. The van der Waals surface area contributed by atoms with Crippen LogP contribution in [-0.4, -0.2) is 46.5 Å². The van der Waals surface area contributed by atoms with E-state index in [4.69, 9.17) is 4.42 Å². The number of piperazine rings is 1. The number of nitrogens with zero attached hydrogens (tertiary/aromatic N) is 3. The smallest absolute Gasteiger partial charge is 0.289 e. The van der Waals surface area contributed by atoms with Gasteiger partial charge < -0.3 is 13.9 Å². The maximum Gasteiger partial charge on any atom is 0.289 e. The van der Waals surface area contributed by atoms with Crippen molar-refractivity contribution in [2.45, 2.75) is 20.0 Å². The lowest BCUT2D eigenvalue weighted by Crippen LogP contribution is -2.48. The first kappa shape index (κ1) is 19.2.